The van der Waals surface area contributed by atoms with Gasteiger partial charge in [-0.05, 0) is 19.8 Å². The van der Waals surface area contributed by atoms with E-state index in [1.54, 1.807) is 4.90 Å². The summed E-state index contributed by atoms with van der Waals surface area (Å²) in [5.74, 6) is 0.160. The Kier molecular flexibility index (Phi) is 3.80. The molecule has 3 nitrogen and oxygen atoms in total. The van der Waals surface area contributed by atoms with Crippen molar-refractivity contribution in [1.82, 2.24) is 4.90 Å². The van der Waals surface area contributed by atoms with E-state index in [1.165, 1.54) is 0 Å². The predicted octanol–water partition coefficient (Wildman–Crippen LogP) is 2.58. The molecule has 1 aliphatic heterocycles. The molecule has 1 atom stereocenters. The van der Waals surface area contributed by atoms with Crippen LogP contribution in [0.2, 0.25) is 0 Å². The van der Waals surface area contributed by atoms with Crippen molar-refractivity contribution in [2.75, 3.05) is 6.54 Å². The van der Waals surface area contributed by atoms with Gasteiger partial charge in [-0.15, -0.1) is 0 Å². The number of Topliss-reactive ketones (excluding diaryl/α,β-unsaturated/α-hetero) is 1. The number of hydrogen-bond acceptors (Lipinski definition) is 2. The molecule has 0 spiro atoms. The maximum Gasteiger partial charge on any atom is 0.222 e. The summed E-state index contributed by atoms with van der Waals surface area (Å²) in [6, 6.07) is 7.33. The van der Waals surface area contributed by atoms with Crippen LogP contribution < -0.4 is 0 Å². The smallest absolute Gasteiger partial charge is 0.222 e. The summed E-state index contributed by atoms with van der Waals surface area (Å²) in [4.78, 5) is 25.9. The number of ketones is 1. The van der Waals surface area contributed by atoms with E-state index in [0.717, 1.165) is 24.9 Å². The molecule has 1 fully saturated rings. The van der Waals surface area contributed by atoms with E-state index in [1.807, 2.05) is 38.1 Å². The van der Waals surface area contributed by atoms with E-state index >= 15 is 0 Å². The lowest BCUT2D eigenvalue weighted by Gasteiger charge is -2.23. The Morgan fingerprint density at radius 3 is 2.56 bits per heavy atom. The molecule has 0 saturated carbocycles. The second-order valence-corrected chi connectivity index (χ2v) is 4.83. The van der Waals surface area contributed by atoms with Crippen LogP contribution in [0, 0.1) is 6.92 Å². The fraction of sp³-hybridized carbons (Fsp3) is 0.467. The molecule has 0 radical (unpaired) electrons. The molecule has 1 heterocycles. The summed E-state index contributed by atoms with van der Waals surface area (Å²) in [5, 5.41) is 0. The lowest BCUT2D eigenvalue weighted by atomic mass is 10.0. The first-order valence-corrected chi connectivity index (χ1v) is 6.54. The Morgan fingerprint density at radius 1 is 1.28 bits per heavy atom. The molecule has 18 heavy (non-hydrogen) atoms. The predicted molar refractivity (Wildman–Crippen MR) is 70.5 cm³/mol. The first kappa shape index (κ1) is 12.8. The zero-order valence-corrected chi connectivity index (χ0v) is 11.0. The van der Waals surface area contributed by atoms with Crippen LogP contribution in [0.15, 0.2) is 24.3 Å². The minimum absolute atomic E-state index is 0.0781. The fourth-order valence-corrected chi connectivity index (χ4v) is 2.45. The highest BCUT2D eigenvalue weighted by Crippen LogP contribution is 2.22. The van der Waals surface area contributed by atoms with Gasteiger partial charge >= 0.3 is 0 Å². The van der Waals surface area contributed by atoms with E-state index in [-0.39, 0.29) is 17.7 Å². The van der Waals surface area contributed by atoms with Gasteiger partial charge in [0, 0.05) is 18.5 Å². The topological polar surface area (TPSA) is 37.4 Å². The van der Waals surface area contributed by atoms with Crippen molar-refractivity contribution >= 4 is 11.7 Å². The van der Waals surface area contributed by atoms with Gasteiger partial charge in [0.05, 0.1) is 6.04 Å². The Hall–Kier alpha value is -1.64. The van der Waals surface area contributed by atoms with Gasteiger partial charge in [-0.3, -0.25) is 9.59 Å². The number of likely N-dealkylation sites (tertiary alicyclic amines) is 1. The Balaban J connectivity index is 2.17. The maximum absolute atomic E-state index is 12.4. The second-order valence-electron chi connectivity index (χ2n) is 4.83. The molecule has 0 aromatic heterocycles. The van der Waals surface area contributed by atoms with Gasteiger partial charge in [0.15, 0.2) is 5.78 Å². The number of nitrogens with zero attached hydrogens (tertiary/aromatic N) is 1. The molecule has 1 aromatic carbocycles. The Morgan fingerprint density at radius 2 is 1.94 bits per heavy atom. The monoisotopic (exact) mass is 245 g/mol. The summed E-state index contributed by atoms with van der Waals surface area (Å²) >= 11 is 0. The second kappa shape index (κ2) is 5.34. The van der Waals surface area contributed by atoms with Crippen LogP contribution in [0.1, 0.15) is 42.1 Å². The van der Waals surface area contributed by atoms with Crippen molar-refractivity contribution in [1.29, 1.82) is 0 Å². The average molecular weight is 245 g/mol. The van der Waals surface area contributed by atoms with E-state index in [4.69, 9.17) is 0 Å². The molecule has 1 amide bonds. The van der Waals surface area contributed by atoms with Crippen LogP contribution in [-0.2, 0) is 4.79 Å². The van der Waals surface area contributed by atoms with Crippen molar-refractivity contribution in [3.8, 4) is 0 Å². The highest BCUT2D eigenvalue weighted by molar-refractivity contribution is 6.02. The number of rotatable bonds is 3. The third-order valence-corrected chi connectivity index (χ3v) is 3.51. The first-order valence-electron chi connectivity index (χ1n) is 6.54. The first-order chi connectivity index (χ1) is 8.63. The van der Waals surface area contributed by atoms with Crippen LogP contribution in [-0.4, -0.2) is 29.2 Å². The van der Waals surface area contributed by atoms with Crippen molar-refractivity contribution in [3.05, 3.63) is 35.4 Å². The van der Waals surface area contributed by atoms with Crippen molar-refractivity contribution in [3.63, 3.8) is 0 Å². The van der Waals surface area contributed by atoms with Crippen molar-refractivity contribution in [2.45, 2.75) is 39.2 Å². The average Bonchev–Trinajstić information content (AvgIpc) is 2.87. The van der Waals surface area contributed by atoms with Crippen LogP contribution in [0.4, 0.5) is 0 Å². The Bertz CT molecular complexity index is 450. The normalized spacial score (nSPS) is 19.0. The Labute approximate surface area is 108 Å². The number of carbonyl (C=O) groups excluding carboxylic acids is 2. The van der Waals surface area contributed by atoms with Crippen molar-refractivity contribution < 1.29 is 9.59 Å². The van der Waals surface area contributed by atoms with Gasteiger partial charge in [0.2, 0.25) is 5.91 Å². The lowest BCUT2D eigenvalue weighted by molar-refractivity contribution is -0.131. The molecule has 1 aromatic rings. The summed E-state index contributed by atoms with van der Waals surface area (Å²) in [6.45, 7) is 4.56. The minimum Gasteiger partial charge on any atom is -0.332 e. The molecular formula is C15H19NO2. The highest BCUT2D eigenvalue weighted by atomic mass is 16.2. The van der Waals surface area contributed by atoms with E-state index in [9.17, 15) is 9.59 Å². The fourth-order valence-electron chi connectivity index (χ4n) is 2.45. The zero-order valence-electron chi connectivity index (χ0n) is 11.0. The lowest BCUT2D eigenvalue weighted by Crippen LogP contribution is -2.40. The van der Waals surface area contributed by atoms with Crippen LogP contribution in [0.25, 0.3) is 0 Å². The van der Waals surface area contributed by atoms with Gasteiger partial charge in [0.25, 0.3) is 0 Å². The zero-order chi connectivity index (χ0) is 13.1. The summed E-state index contributed by atoms with van der Waals surface area (Å²) in [7, 11) is 0. The van der Waals surface area contributed by atoms with Crippen LogP contribution >= 0.6 is 0 Å². The number of amides is 1. The number of aryl methyl sites for hydroxylation is 1. The standard InChI is InChI=1S/C15H19NO2/c1-3-14(17)16-10-4-5-13(16)15(18)12-8-6-11(2)7-9-12/h6-9,13H,3-5,10H2,1-2H3. The molecule has 0 bridgehead atoms. The molecule has 2 rings (SSSR count). The molecule has 96 valence electrons. The summed E-state index contributed by atoms with van der Waals surface area (Å²) in [6.07, 6.45) is 2.18. The van der Waals surface area contributed by atoms with Gasteiger partial charge < -0.3 is 4.90 Å². The van der Waals surface area contributed by atoms with E-state index in [0.29, 0.717) is 12.0 Å². The molecule has 1 aliphatic rings. The molecule has 0 N–H and O–H groups in total. The summed E-state index contributed by atoms with van der Waals surface area (Å²) < 4.78 is 0. The molecule has 0 aliphatic carbocycles. The largest absolute Gasteiger partial charge is 0.332 e. The van der Waals surface area contributed by atoms with Crippen LogP contribution in [0.3, 0.4) is 0 Å². The maximum atomic E-state index is 12.4. The van der Waals surface area contributed by atoms with Crippen LogP contribution in [0.5, 0.6) is 0 Å². The molecule has 1 unspecified atom stereocenters. The quantitative estimate of drug-likeness (QED) is 0.767. The molecule has 1 saturated heterocycles. The van der Waals surface area contributed by atoms with E-state index in [2.05, 4.69) is 0 Å². The number of carbonyl (C=O) groups is 2. The van der Waals surface area contributed by atoms with Gasteiger partial charge in [-0.1, -0.05) is 36.8 Å². The number of hydrogen-bond donors (Lipinski definition) is 0. The van der Waals surface area contributed by atoms with E-state index < -0.39 is 0 Å². The third kappa shape index (κ3) is 2.45. The van der Waals surface area contributed by atoms with Gasteiger partial charge in [-0.2, -0.15) is 0 Å². The molecular weight excluding hydrogens is 226 g/mol. The minimum atomic E-state index is -0.250. The highest BCUT2D eigenvalue weighted by Gasteiger charge is 2.33. The van der Waals surface area contributed by atoms with Crippen molar-refractivity contribution in [2.24, 2.45) is 0 Å². The SMILES string of the molecule is CCC(=O)N1CCCC1C(=O)c1ccc(C)cc1. The molecule has 3 heteroatoms. The third-order valence-electron chi connectivity index (χ3n) is 3.51. The van der Waals surface area contributed by atoms with Gasteiger partial charge in [-0.25, -0.2) is 0 Å². The number of benzene rings is 1. The summed E-state index contributed by atoms with van der Waals surface area (Å²) in [5.41, 5.74) is 1.85. The van der Waals surface area contributed by atoms with Gasteiger partial charge in [0.1, 0.15) is 0 Å².